The second-order valence-corrected chi connectivity index (χ2v) is 10.4. The summed E-state index contributed by atoms with van der Waals surface area (Å²) in [5, 5.41) is 6.95. The molecule has 2 N–H and O–H groups in total. The van der Waals surface area contributed by atoms with E-state index in [9.17, 15) is 18.0 Å². The number of amides is 2. The quantitative estimate of drug-likeness (QED) is 0.384. The first kappa shape index (κ1) is 26.2. The summed E-state index contributed by atoms with van der Waals surface area (Å²) in [5.74, 6) is -0.150. The van der Waals surface area contributed by atoms with Crippen LogP contribution in [0.4, 0.5) is 5.69 Å². The van der Waals surface area contributed by atoms with E-state index in [1.54, 1.807) is 54.6 Å². The molecule has 0 radical (unpaired) electrons. The molecule has 188 valence electrons. The molecule has 2 amide bonds. The third kappa shape index (κ3) is 8.10. The maximum Gasteiger partial charge on any atom is 0.263 e. The molecule has 0 spiro atoms. The Morgan fingerprint density at radius 3 is 2.37 bits per heavy atom. The Morgan fingerprint density at radius 1 is 1.09 bits per heavy atom. The van der Waals surface area contributed by atoms with Gasteiger partial charge in [0.2, 0.25) is 10.0 Å². The van der Waals surface area contributed by atoms with Crippen molar-refractivity contribution in [3.05, 3.63) is 60.2 Å². The minimum Gasteiger partial charge on any atom is -0.484 e. The van der Waals surface area contributed by atoms with E-state index >= 15 is 0 Å². The lowest BCUT2D eigenvalue weighted by Crippen LogP contribution is -2.46. The summed E-state index contributed by atoms with van der Waals surface area (Å²) in [5.41, 5.74) is 3.47. The summed E-state index contributed by atoms with van der Waals surface area (Å²) in [6.45, 7) is 1.45. The Morgan fingerprint density at radius 2 is 1.74 bits per heavy atom. The summed E-state index contributed by atoms with van der Waals surface area (Å²) < 4.78 is 31.1. The van der Waals surface area contributed by atoms with Crippen LogP contribution in [0.3, 0.4) is 0 Å². The Balaban J connectivity index is 1.49. The molecule has 0 saturated heterocycles. The molecule has 2 aromatic carbocycles. The van der Waals surface area contributed by atoms with Gasteiger partial charge in [-0.15, -0.1) is 0 Å². The van der Waals surface area contributed by atoms with Gasteiger partial charge in [-0.25, -0.2) is 13.8 Å². The second kappa shape index (κ2) is 12.3. The standard InChI is InChI=1S/C25H32N4O5S/c1-19(29(35(2,32)33)22-11-7-4-8-12-22)25(31)28-26-17-20-13-15-23(16-14-20)34-18-24(30)27-21-9-5-3-6-10-21/h4,7-8,11-17,19,21H,3,5-6,9-10,18H2,1-2H3,(H,27,30)(H,28,31)/b26-17-/t19-/m0/s1. The molecule has 1 fully saturated rings. The average molecular weight is 501 g/mol. The van der Waals surface area contributed by atoms with E-state index in [1.165, 1.54) is 19.6 Å². The van der Waals surface area contributed by atoms with Crippen LogP contribution in [-0.2, 0) is 19.6 Å². The number of hydrogen-bond donors (Lipinski definition) is 2. The third-order valence-electron chi connectivity index (χ3n) is 5.71. The molecule has 1 aliphatic carbocycles. The molecule has 0 aromatic heterocycles. The molecule has 1 atom stereocenters. The van der Waals surface area contributed by atoms with Gasteiger partial charge in [0.1, 0.15) is 11.8 Å². The molecular formula is C25H32N4O5S. The van der Waals surface area contributed by atoms with E-state index in [2.05, 4.69) is 15.8 Å². The summed E-state index contributed by atoms with van der Waals surface area (Å²) in [6.07, 6.45) is 8.07. The third-order valence-corrected chi connectivity index (χ3v) is 6.95. The fourth-order valence-corrected chi connectivity index (χ4v) is 5.14. The lowest BCUT2D eigenvalue weighted by atomic mass is 9.95. The van der Waals surface area contributed by atoms with Gasteiger partial charge in [0.25, 0.3) is 11.8 Å². The van der Waals surface area contributed by atoms with Gasteiger partial charge >= 0.3 is 0 Å². The first-order valence-corrected chi connectivity index (χ1v) is 13.5. The Bertz CT molecular complexity index is 1110. The molecule has 35 heavy (non-hydrogen) atoms. The average Bonchev–Trinajstić information content (AvgIpc) is 2.84. The van der Waals surface area contributed by atoms with Crippen LogP contribution < -0.4 is 19.8 Å². The van der Waals surface area contributed by atoms with Crippen LogP contribution in [-0.4, -0.2) is 51.4 Å². The fourth-order valence-electron chi connectivity index (χ4n) is 3.96. The summed E-state index contributed by atoms with van der Waals surface area (Å²) >= 11 is 0. The lowest BCUT2D eigenvalue weighted by molar-refractivity contribution is -0.124. The second-order valence-electron chi connectivity index (χ2n) is 8.56. The van der Waals surface area contributed by atoms with Crippen LogP contribution in [0, 0.1) is 0 Å². The molecule has 9 nitrogen and oxygen atoms in total. The van der Waals surface area contributed by atoms with Crippen molar-refractivity contribution in [3.8, 4) is 5.75 Å². The monoisotopic (exact) mass is 500 g/mol. The summed E-state index contributed by atoms with van der Waals surface area (Å²) in [7, 11) is -3.69. The Hall–Kier alpha value is -3.40. The molecule has 3 rings (SSSR count). The van der Waals surface area contributed by atoms with Gasteiger partial charge in [-0.05, 0) is 61.7 Å². The number of para-hydroxylation sites is 1. The first-order valence-electron chi connectivity index (χ1n) is 11.6. The number of anilines is 1. The Labute approximate surface area is 206 Å². The molecular weight excluding hydrogens is 468 g/mol. The van der Waals surface area contributed by atoms with Crippen molar-refractivity contribution in [1.29, 1.82) is 0 Å². The van der Waals surface area contributed by atoms with Gasteiger partial charge < -0.3 is 10.1 Å². The van der Waals surface area contributed by atoms with Crippen molar-refractivity contribution >= 4 is 33.7 Å². The first-order chi connectivity index (χ1) is 16.7. The van der Waals surface area contributed by atoms with Gasteiger partial charge in [0.15, 0.2) is 6.61 Å². The zero-order valence-electron chi connectivity index (χ0n) is 20.0. The molecule has 0 bridgehead atoms. The van der Waals surface area contributed by atoms with Crippen LogP contribution in [0.2, 0.25) is 0 Å². The number of ether oxygens (including phenoxy) is 1. The molecule has 0 unspecified atom stereocenters. The number of benzene rings is 2. The number of nitrogens with zero attached hydrogens (tertiary/aromatic N) is 2. The van der Waals surface area contributed by atoms with Gasteiger partial charge in [-0.1, -0.05) is 37.5 Å². The Kier molecular flexibility index (Phi) is 9.25. The summed E-state index contributed by atoms with van der Waals surface area (Å²) in [4.78, 5) is 24.6. The van der Waals surface area contributed by atoms with Crippen molar-refractivity contribution in [2.75, 3.05) is 17.2 Å². The number of hydrogen-bond acceptors (Lipinski definition) is 6. The maximum atomic E-state index is 12.6. The normalized spacial score (nSPS) is 15.4. The van der Waals surface area contributed by atoms with Crippen molar-refractivity contribution < 1.29 is 22.7 Å². The van der Waals surface area contributed by atoms with Gasteiger partial charge in [0, 0.05) is 6.04 Å². The van der Waals surface area contributed by atoms with Crippen molar-refractivity contribution in [1.82, 2.24) is 10.7 Å². The zero-order chi connectivity index (χ0) is 25.3. The van der Waals surface area contributed by atoms with Crippen molar-refractivity contribution in [2.24, 2.45) is 5.10 Å². The topological polar surface area (TPSA) is 117 Å². The van der Waals surface area contributed by atoms with E-state index in [-0.39, 0.29) is 18.6 Å². The highest BCUT2D eigenvalue weighted by molar-refractivity contribution is 7.92. The van der Waals surface area contributed by atoms with Crippen LogP contribution >= 0.6 is 0 Å². The van der Waals surface area contributed by atoms with Gasteiger partial charge in [-0.2, -0.15) is 5.10 Å². The van der Waals surface area contributed by atoms with Crippen molar-refractivity contribution in [3.63, 3.8) is 0 Å². The predicted molar refractivity (Wildman–Crippen MR) is 136 cm³/mol. The van der Waals surface area contributed by atoms with E-state index < -0.39 is 22.0 Å². The SMILES string of the molecule is C[C@@H](C(=O)N/N=C\c1ccc(OCC(=O)NC2CCCCC2)cc1)N(c1ccccc1)S(C)(=O)=O. The molecule has 0 aliphatic heterocycles. The molecule has 1 aliphatic rings. The highest BCUT2D eigenvalue weighted by Gasteiger charge is 2.28. The van der Waals surface area contributed by atoms with Crippen LogP contribution in [0.15, 0.2) is 59.7 Å². The van der Waals surface area contributed by atoms with E-state index in [0.29, 0.717) is 17.0 Å². The van der Waals surface area contributed by atoms with Gasteiger partial charge in [-0.3, -0.25) is 13.9 Å². The fraction of sp³-hybridized carbons (Fsp3) is 0.400. The van der Waals surface area contributed by atoms with E-state index in [0.717, 1.165) is 36.2 Å². The number of rotatable bonds is 10. The predicted octanol–water partition coefficient (Wildman–Crippen LogP) is 2.82. The maximum absolute atomic E-state index is 12.6. The zero-order valence-corrected chi connectivity index (χ0v) is 20.8. The van der Waals surface area contributed by atoms with Crippen LogP contribution in [0.1, 0.15) is 44.6 Å². The minimum absolute atomic E-state index is 0.0455. The molecule has 0 heterocycles. The number of carbonyl (C=O) groups excluding carboxylic acids is 2. The smallest absolute Gasteiger partial charge is 0.263 e. The van der Waals surface area contributed by atoms with Crippen LogP contribution in [0.5, 0.6) is 5.75 Å². The molecule has 2 aromatic rings. The van der Waals surface area contributed by atoms with E-state index in [4.69, 9.17) is 4.74 Å². The van der Waals surface area contributed by atoms with Gasteiger partial charge in [0.05, 0.1) is 18.2 Å². The summed E-state index contributed by atoms with van der Waals surface area (Å²) in [6, 6.07) is 14.5. The van der Waals surface area contributed by atoms with Crippen molar-refractivity contribution in [2.45, 2.75) is 51.1 Å². The number of hydrazone groups is 1. The highest BCUT2D eigenvalue weighted by atomic mass is 32.2. The number of nitrogens with one attached hydrogen (secondary N) is 2. The molecule has 10 heteroatoms. The lowest BCUT2D eigenvalue weighted by Gasteiger charge is -2.27. The van der Waals surface area contributed by atoms with Crippen LogP contribution in [0.25, 0.3) is 0 Å². The minimum atomic E-state index is -3.69. The van der Waals surface area contributed by atoms with E-state index in [1.807, 2.05) is 0 Å². The molecule has 1 saturated carbocycles. The number of carbonyl (C=O) groups is 2. The highest BCUT2D eigenvalue weighted by Crippen LogP contribution is 2.20. The largest absolute Gasteiger partial charge is 0.484 e. The number of sulfonamides is 1.